The monoisotopic (exact) mass is 416 g/mol. The molecule has 3 nitrogen and oxygen atoms in total. The van der Waals surface area contributed by atoms with Crippen molar-refractivity contribution in [3.63, 3.8) is 0 Å². The van der Waals surface area contributed by atoms with E-state index in [1.165, 1.54) is 25.0 Å². The predicted octanol–water partition coefficient (Wildman–Crippen LogP) is 6.88. The molecule has 0 N–H and O–H groups in total. The fourth-order valence-corrected chi connectivity index (χ4v) is 3.36. The van der Waals surface area contributed by atoms with Gasteiger partial charge in [-0.3, -0.25) is 0 Å². The number of aryl methyl sites for hydroxylation is 1. The normalized spacial score (nSPS) is 11.6. The molecule has 0 spiro atoms. The molecule has 3 rings (SSSR count). The number of alkyl halides is 3. The molecular formula is C24H27F3N2O. The lowest BCUT2D eigenvalue weighted by Gasteiger charge is -2.15. The van der Waals surface area contributed by atoms with Gasteiger partial charge in [-0.05, 0) is 31.5 Å². The molecule has 0 unspecified atom stereocenters. The highest BCUT2D eigenvalue weighted by molar-refractivity contribution is 5.57. The van der Waals surface area contributed by atoms with Gasteiger partial charge < -0.3 is 9.30 Å². The Bertz CT molecular complexity index is 946. The summed E-state index contributed by atoms with van der Waals surface area (Å²) in [5, 5.41) is 0. The predicted molar refractivity (Wildman–Crippen MR) is 113 cm³/mol. The van der Waals surface area contributed by atoms with Crippen LogP contribution in [0.2, 0.25) is 0 Å². The fourth-order valence-electron chi connectivity index (χ4n) is 3.36. The van der Waals surface area contributed by atoms with Crippen LogP contribution in [0.1, 0.15) is 49.4 Å². The van der Waals surface area contributed by atoms with Crippen LogP contribution in [0, 0.1) is 6.92 Å². The number of para-hydroxylation sites is 1. The Hall–Kier alpha value is -2.76. The number of halogens is 3. The minimum atomic E-state index is -4.35. The molecule has 0 aliphatic heterocycles. The lowest BCUT2D eigenvalue weighted by atomic mass is 10.1. The number of rotatable bonds is 9. The second-order valence-electron chi connectivity index (χ2n) is 7.40. The number of hydrogen-bond donors (Lipinski definition) is 0. The van der Waals surface area contributed by atoms with Crippen molar-refractivity contribution in [3.05, 3.63) is 71.5 Å². The summed E-state index contributed by atoms with van der Waals surface area (Å²) in [7, 11) is 0. The molecule has 2 aromatic carbocycles. The number of aromatic nitrogens is 2. The highest BCUT2D eigenvalue weighted by Crippen LogP contribution is 2.31. The topological polar surface area (TPSA) is 27.1 Å². The second-order valence-corrected chi connectivity index (χ2v) is 7.40. The standard InChI is InChI=1S/C24H27F3N2O/c1-3-4-5-8-15-30-22-10-7-6-9-20(22)17-29-18(2)16-28-23(29)19-11-13-21(14-12-19)24(25,26)27/h6-7,9-14,16H,3-5,8,15,17H2,1-2H3. The molecule has 6 heteroatoms. The van der Waals surface area contributed by atoms with E-state index in [0.29, 0.717) is 24.5 Å². The minimum absolute atomic E-state index is 0.535. The molecule has 0 atom stereocenters. The molecule has 0 fully saturated rings. The van der Waals surface area contributed by atoms with E-state index >= 15 is 0 Å². The molecule has 1 aromatic heterocycles. The van der Waals surface area contributed by atoms with Crippen molar-refractivity contribution < 1.29 is 17.9 Å². The SMILES string of the molecule is CCCCCCOc1ccccc1Cn1c(C)cnc1-c1ccc(C(F)(F)F)cc1. The van der Waals surface area contributed by atoms with Crippen molar-refractivity contribution >= 4 is 0 Å². The van der Waals surface area contributed by atoms with Crippen LogP contribution < -0.4 is 4.74 Å². The van der Waals surface area contributed by atoms with Crippen LogP contribution in [0.3, 0.4) is 0 Å². The van der Waals surface area contributed by atoms with E-state index in [1.54, 1.807) is 6.20 Å². The molecule has 1 heterocycles. The van der Waals surface area contributed by atoms with Crippen molar-refractivity contribution in [2.45, 2.75) is 52.3 Å². The molecule has 0 saturated heterocycles. The first-order chi connectivity index (χ1) is 14.4. The first kappa shape index (κ1) is 21.9. The maximum absolute atomic E-state index is 12.9. The van der Waals surface area contributed by atoms with Gasteiger partial charge in [-0.1, -0.05) is 56.5 Å². The average molecular weight is 416 g/mol. The molecular weight excluding hydrogens is 389 g/mol. The van der Waals surface area contributed by atoms with Crippen molar-refractivity contribution in [2.24, 2.45) is 0 Å². The Labute approximate surface area is 175 Å². The Morgan fingerprint density at radius 1 is 0.967 bits per heavy atom. The number of imidazole rings is 1. The van der Waals surface area contributed by atoms with Crippen molar-refractivity contribution in [1.29, 1.82) is 0 Å². The summed E-state index contributed by atoms with van der Waals surface area (Å²) in [5.41, 5.74) is 1.93. The first-order valence-corrected chi connectivity index (χ1v) is 10.3. The quantitative estimate of drug-likeness (QED) is 0.355. The molecule has 0 saturated carbocycles. The van der Waals surface area contributed by atoms with Gasteiger partial charge in [0.25, 0.3) is 0 Å². The first-order valence-electron chi connectivity index (χ1n) is 10.3. The molecule has 0 bridgehead atoms. The van der Waals surface area contributed by atoms with E-state index in [1.807, 2.05) is 35.8 Å². The van der Waals surface area contributed by atoms with Crippen molar-refractivity contribution in [3.8, 4) is 17.1 Å². The molecule has 160 valence electrons. The third kappa shape index (κ3) is 5.43. The largest absolute Gasteiger partial charge is 0.493 e. The van der Waals surface area contributed by atoms with Crippen molar-refractivity contribution in [1.82, 2.24) is 9.55 Å². The summed E-state index contributed by atoms with van der Waals surface area (Å²) >= 11 is 0. The van der Waals surface area contributed by atoms with Gasteiger partial charge in [0.2, 0.25) is 0 Å². The van der Waals surface area contributed by atoms with Gasteiger partial charge >= 0.3 is 6.18 Å². The lowest BCUT2D eigenvalue weighted by Crippen LogP contribution is -2.08. The molecule has 3 aromatic rings. The van der Waals surface area contributed by atoms with Crippen LogP contribution in [-0.4, -0.2) is 16.2 Å². The lowest BCUT2D eigenvalue weighted by molar-refractivity contribution is -0.137. The molecule has 0 aliphatic rings. The highest BCUT2D eigenvalue weighted by Gasteiger charge is 2.30. The van der Waals surface area contributed by atoms with E-state index in [0.717, 1.165) is 42.0 Å². The van der Waals surface area contributed by atoms with E-state index in [2.05, 4.69) is 11.9 Å². The van der Waals surface area contributed by atoms with Gasteiger partial charge in [-0.25, -0.2) is 4.98 Å². The number of benzene rings is 2. The maximum atomic E-state index is 12.9. The van der Waals surface area contributed by atoms with E-state index in [4.69, 9.17) is 4.74 Å². The summed E-state index contributed by atoms with van der Waals surface area (Å²) in [6.45, 7) is 5.33. The highest BCUT2D eigenvalue weighted by atomic mass is 19.4. The van der Waals surface area contributed by atoms with Gasteiger partial charge in [0.05, 0.1) is 18.7 Å². The Balaban J connectivity index is 1.80. The zero-order valence-electron chi connectivity index (χ0n) is 17.4. The van der Waals surface area contributed by atoms with Crippen LogP contribution in [0.15, 0.2) is 54.7 Å². The number of unbranched alkanes of at least 4 members (excludes halogenated alkanes) is 3. The van der Waals surface area contributed by atoms with Crippen LogP contribution in [0.25, 0.3) is 11.4 Å². The van der Waals surface area contributed by atoms with Crippen LogP contribution in [0.4, 0.5) is 13.2 Å². The summed E-state index contributed by atoms with van der Waals surface area (Å²) in [4.78, 5) is 4.44. The van der Waals surface area contributed by atoms with E-state index in [9.17, 15) is 13.2 Å². The molecule has 0 amide bonds. The van der Waals surface area contributed by atoms with Crippen LogP contribution in [0.5, 0.6) is 5.75 Å². The summed E-state index contributed by atoms with van der Waals surface area (Å²) < 4.78 is 46.6. The van der Waals surface area contributed by atoms with E-state index in [-0.39, 0.29) is 0 Å². The molecule has 0 radical (unpaired) electrons. The molecule has 30 heavy (non-hydrogen) atoms. The number of hydrogen-bond acceptors (Lipinski definition) is 2. The average Bonchev–Trinajstić information content (AvgIpc) is 3.09. The van der Waals surface area contributed by atoms with Gasteiger partial charge in [-0.15, -0.1) is 0 Å². The van der Waals surface area contributed by atoms with Crippen LogP contribution in [-0.2, 0) is 12.7 Å². The number of nitrogens with zero attached hydrogens (tertiary/aromatic N) is 2. The van der Waals surface area contributed by atoms with Gasteiger partial charge in [-0.2, -0.15) is 13.2 Å². The summed E-state index contributed by atoms with van der Waals surface area (Å²) in [5.74, 6) is 1.47. The van der Waals surface area contributed by atoms with E-state index < -0.39 is 11.7 Å². The third-order valence-corrected chi connectivity index (χ3v) is 5.08. The Kier molecular flexibility index (Phi) is 7.19. The third-order valence-electron chi connectivity index (χ3n) is 5.08. The Morgan fingerprint density at radius 2 is 1.70 bits per heavy atom. The zero-order valence-corrected chi connectivity index (χ0v) is 17.4. The fraction of sp³-hybridized carbons (Fsp3) is 0.375. The summed E-state index contributed by atoms with van der Waals surface area (Å²) in [6, 6.07) is 13.0. The Morgan fingerprint density at radius 3 is 2.40 bits per heavy atom. The zero-order chi connectivity index (χ0) is 21.6. The minimum Gasteiger partial charge on any atom is -0.493 e. The smallest absolute Gasteiger partial charge is 0.416 e. The van der Waals surface area contributed by atoms with Crippen LogP contribution >= 0.6 is 0 Å². The number of ether oxygens (including phenoxy) is 1. The van der Waals surface area contributed by atoms with Gasteiger partial charge in [0.15, 0.2) is 0 Å². The second kappa shape index (κ2) is 9.83. The van der Waals surface area contributed by atoms with Crippen molar-refractivity contribution in [2.75, 3.05) is 6.61 Å². The van der Waals surface area contributed by atoms with Gasteiger partial charge in [0.1, 0.15) is 11.6 Å². The summed E-state index contributed by atoms with van der Waals surface area (Å²) in [6.07, 6.45) is 1.94. The molecule has 0 aliphatic carbocycles. The van der Waals surface area contributed by atoms with Gasteiger partial charge in [0, 0.05) is 23.0 Å². The maximum Gasteiger partial charge on any atom is 0.416 e.